The van der Waals surface area contributed by atoms with Crippen LogP contribution in [0.2, 0.25) is 0 Å². The van der Waals surface area contributed by atoms with E-state index in [1.54, 1.807) is 12.0 Å². The number of thiocarbonyl (C=S) groups is 1. The highest BCUT2D eigenvalue weighted by molar-refractivity contribution is 7.80. The van der Waals surface area contributed by atoms with E-state index in [1.165, 1.54) is 32.5 Å². The Bertz CT molecular complexity index is 473. The molecule has 5 heteroatoms. The molecule has 0 unspecified atom stereocenters. The number of anilines is 1. The van der Waals surface area contributed by atoms with E-state index in [0.29, 0.717) is 5.11 Å². The minimum Gasteiger partial charge on any atom is -0.497 e. The monoisotopic (exact) mass is 322 g/mol. The zero-order valence-corrected chi connectivity index (χ0v) is 14.5. The van der Waals surface area contributed by atoms with Crippen LogP contribution >= 0.6 is 12.2 Å². The molecule has 0 aliphatic carbocycles. The van der Waals surface area contributed by atoms with Gasteiger partial charge in [-0.15, -0.1) is 0 Å². The second kappa shape index (κ2) is 8.96. The highest BCUT2D eigenvalue weighted by Gasteiger charge is 2.17. The van der Waals surface area contributed by atoms with Crippen molar-refractivity contribution in [2.24, 2.45) is 5.92 Å². The van der Waals surface area contributed by atoms with Gasteiger partial charge in [0.15, 0.2) is 5.11 Å². The van der Waals surface area contributed by atoms with Gasteiger partial charge in [0.2, 0.25) is 0 Å². The number of methoxy groups -OCH3 is 1. The van der Waals surface area contributed by atoms with Crippen LogP contribution in [0.4, 0.5) is 5.69 Å². The minimum atomic E-state index is 0.676. The fraction of sp³-hybridized carbons (Fsp3) is 0.588. The highest BCUT2D eigenvalue weighted by Crippen LogP contribution is 2.16. The van der Waals surface area contributed by atoms with Gasteiger partial charge < -0.3 is 20.3 Å². The fourth-order valence-electron chi connectivity index (χ4n) is 2.84. The Morgan fingerprint density at radius 2 is 2.14 bits per heavy atom. The number of quaternary nitrogens is 1. The van der Waals surface area contributed by atoms with Gasteiger partial charge >= 0.3 is 0 Å². The SMILES string of the molecule is COc1cccc(NC(=S)NCCC[NH+]2CCC(C)CC2)c1. The fourth-order valence-corrected chi connectivity index (χ4v) is 3.06. The third-order valence-electron chi connectivity index (χ3n) is 4.30. The third-order valence-corrected chi connectivity index (χ3v) is 4.55. The molecule has 1 saturated heterocycles. The van der Waals surface area contributed by atoms with Crippen molar-refractivity contribution in [3.05, 3.63) is 24.3 Å². The number of piperidine rings is 1. The van der Waals surface area contributed by atoms with Crippen LogP contribution in [0.3, 0.4) is 0 Å². The molecule has 0 amide bonds. The van der Waals surface area contributed by atoms with Crippen LogP contribution in [0.1, 0.15) is 26.2 Å². The molecule has 0 saturated carbocycles. The molecule has 1 heterocycles. The van der Waals surface area contributed by atoms with E-state index in [4.69, 9.17) is 17.0 Å². The Hall–Kier alpha value is -1.33. The van der Waals surface area contributed by atoms with Gasteiger partial charge in [-0.1, -0.05) is 13.0 Å². The molecule has 0 spiro atoms. The largest absolute Gasteiger partial charge is 0.497 e. The van der Waals surface area contributed by atoms with E-state index < -0.39 is 0 Å². The van der Waals surface area contributed by atoms with Crippen molar-refractivity contribution >= 4 is 23.0 Å². The van der Waals surface area contributed by atoms with Gasteiger partial charge in [0.25, 0.3) is 0 Å². The summed E-state index contributed by atoms with van der Waals surface area (Å²) >= 11 is 5.33. The average Bonchev–Trinajstić information content (AvgIpc) is 2.53. The van der Waals surface area contributed by atoms with Gasteiger partial charge in [0.1, 0.15) is 5.75 Å². The molecule has 4 nitrogen and oxygen atoms in total. The first-order valence-corrected chi connectivity index (χ1v) is 8.60. The summed E-state index contributed by atoms with van der Waals surface area (Å²) in [5, 5.41) is 7.15. The summed E-state index contributed by atoms with van der Waals surface area (Å²) in [5.74, 6) is 1.75. The molecule has 1 aromatic rings. The number of benzene rings is 1. The van der Waals surface area contributed by atoms with E-state index in [1.807, 2.05) is 24.3 Å². The van der Waals surface area contributed by atoms with Crippen LogP contribution < -0.4 is 20.3 Å². The molecule has 0 radical (unpaired) electrons. The molecular weight excluding hydrogens is 294 g/mol. The molecular formula is C17H28N3OS+. The summed E-state index contributed by atoms with van der Waals surface area (Å²) in [6.45, 7) is 7.18. The van der Waals surface area contributed by atoms with Crippen LogP contribution in [0.25, 0.3) is 0 Å². The maximum atomic E-state index is 5.33. The summed E-state index contributed by atoms with van der Waals surface area (Å²) in [4.78, 5) is 1.74. The van der Waals surface area contributed by atoms with Gasteiger partial charge in [0.05, 0.1) is 26.7 Å². The van der Waals surface area contributed by atoms with Gasteiger partial charge in [-0.25, -0.2) is 0 Å². The average molecular weight is 322 g/mol. The summed E-state index contributed by atoms with van der Waals surface area (Å²) < 4.78 is 5.20. The van der Waals surface area contributed by atoms with Gasteiger partial charge in [-0.3, -0.25) is 0 Å². The molecule has 0 bridgehead atoms. The van der Waals surface area contributed by atoms with Gasteiger partial charge in [0, 0.05) is 24.7 Å². The number of likely N-dealkylation sites (tertiary alicyclic amines) is 1. The normalized spacial score (nSPS) is 21.2. The summed E-state index contributed by atoms with van der Waals surface area (Å²) in [5.41, 5.74) is 0.951. The second-order valence-corrected chi connectivity index (χ2v) is 6.56. The molecule has 1 aromatic carbocycles. The standard InChI is InChI=1S/C17H27N3OS/c1-14-7-11-20(12-8-14)10-4-9-18-17(22)19-15-5-3-6-16(13-15)21-2/h3,5-6,13-14H,4,7-12H2,1-2H3,(H2,18,19,22)/p+1. The quantitative estimate of drug-likeness (QED) is 0.550. The lowest BCUT2D eigenvalue weighted by Crippen LogP contribution is -3.13. The Kier molecular flexibility index (Phi) is 6.93. The van der Waals surface area contributed by atoms with E-state index in [2.05, 4.69) is 17.6 Å². The molecule has 1 aliphatic heterocycles. The zero-order chi connectivity index (χ0) is 15.8. The Labute approximate surface area is 139 Å². The number of hydrogen-bond acceptors (Lipinski definition) is 2. The lowest BCUT2D eigenvalue weighted by atomic mass is 9.99. The number of rotatable bonds is 6. The van der Waals surface area contributed by atoms with E-state index >= 15 is 0 Å². The van der Waals surface area contributed by atoms with Crippen LogP contribution in [-0.2, 0) is 0 Å². The summed E-state index contributed by atoms with van der Waals surface area (Å²) in [6, 6.07) is 7.79. The first kappa shape index (κ1) is 17.0. The Morgan fingerprint density at radius 3 is 2.86 bits per heavy atom. The third kappa shape index (κ3) is 5.81. The maximum Gasteiger partial charge on any atom is 0.170 e. The number of hydrogen-bond donors (Lipinski definition) is 3. The molecule has 2 rings (SSSR count). The van der Waals surface area contributed by atoms with Crippen molar-refractivity contribution in [3.8, 4) is 5.75 Å². The van der Waals surface area contributed by atoms with Gasteiger partial charge in [-0.2, -0.15) is 0 Å². The first-order chi connectivity index (χ1) is 10.7. The summed E-state index contributed by atoms with van der Waals surface area (Å²) in [6.07, 6.45) is 3.90. The molecule has 1 fully saturated rings. The van der Waals surface area contributed by atoms with Crippen LogP contribution in [0.15, 0.2) is 24.3 Å². The van der Waals surface area contributed by atoms with Crippen molar-refractivity contribution in [2.75, 3.05) is 38.6 Å². The van der Waals surface area contributed by atoms with Crippen molar-refractivity contribution < 1.29 is 9.64 Å². The molecule has 3 N–H and O–H groups in total. The maximum absolute atomic E-state index is 5.33. The van der Waals surface area contributed by atoms with Crippen LogP contribution in [0.5, 0.6) is 5.75 Å². The molecule has 1 aliphatic rings. The van der Waals surface area contributed by atoms with Crippen LogP contribution in [0, 0.1) is 5.92 Å². The van der Waals surface area contributed by atoms with Crippen molar-refractivity contribution in [3.63, 3.8) is 0 Å². The lowest BCUT2D eigenvalue weighted by Gasteiger charge is -2.27. The minimum absolute atomic E-state index is 0.676. The molecule has 0 aromatic heterocycles. The topological polar surface area (TPSA) is 37.7 Å². The molecule has 22 heavy (non-hydrogen) atoms. The second-order valence-electron chi connectivity index (χ2n) is 6.15. The Morgan fingerprint density at radius 1 is 1.36 bits per heavy atom. The van der Waals surface area contributed by atoms with Crippen molar-refractivity contribution in [2.45, 2.75) is 26.2 Å². The lowest BCUT2D eigenvalue weighted by molar-refractivity contribution is -0.906. The smallest absolute Gasteiger partial charge is 0.170 e. The van der Waals surface area contributed by atoms with E-state index in [0.717, 1.165) is 30.3 Å². The molecule has 122 valence electrons. The predicted octanol–water partition coefficient (Wildman–Crippen LogP) is 1.69. The number of ether oxygens (including phenoxy) is 1. The molecule has 0 atom stereocenters. The zero-order valence-electron chi connectivity index (χ0n) is 13.7. The van der Waals surface area contributed by atoms with E-state index in [-0.39, 0.29) is 0 Å². The Balaban J connectivity index is 1.61. The first-order valence-electron chi connectivity index (χ1n) is 8.20. The predicted molar refractivity (Wildman–Crippen MR) is 95.8 cm³/mol. The van der Waals surface area contributed by atoms with Crippen molar-refractivity contribution in [1.29, 1.82) is 0 Å². The van der Waals surface area contributed by atoms with Crippen LogP contribution in [-0.4, -0.2) is 38.4 Å². The summed E-state index contributed by atoms with van der Waals surface area (Å²) in [7, 11) is 1.67. The van der Waals surface area contributed by atoms with Gasteiger partial charge in [-0.05, 0) is 43.1 Å². The van der Waals surface area contributed by atoms with E-state index in [9.17, 15) is 0 Å². The number of nitrogens with one attached hydrogen (secondary N) is 3. The van der Waals surface area contributed by atoms with Crippen molar-refractivity contribution in [1.82, 2.24) is 5.32 Å². The highest BCUT2D eigenvalue weighted by atomic mass is 32.1.